The highest BCUT2D eigenvalue weighted by atomic mass is 35.5. The summed E-state index contributed by atoms with van der Waals surface area (Å²) in [5.41, 5.74) is 6.24. The zero-order valence-electron chi connectivity index (χ0n) is 16.4. The Morgan fingerprint density at radius 1 is 1.13 bits per heavy atom. The predicted molar refractivity (Wildman–Crippen MR) is 117 cm³/mol. The molecule has 2 aromatic carbocycles. The molecule has 1 N–H and O–H groups in total. The lowest BCUT2D eigenvalue weighted by Crippen LogP contribution is -2.42. The van der Waals surface area contributed by atoms with Gasteiger partial charge in [-0.25, -0.2) is 5.43 Å². The molecule has 0 radical (unpaired) electrons. The minimum atomic E-state index is -0.763. The second kappa shape index (κ2) is 8.42. The largest absolute Gasteiger partial charge is 0.485 e. The van der Waals surface area contributed by atoms with Crippen molar-refractivity contribution in [3.05, 3.63) is 75.5 Å². The number of hydrogen-bond donors (Lipinski definition) is 1. The van der Waals surface area contributed by atoms with E-state index in [1.54, 1.807) is 24.4 Å². The van der Waals surface area contributed by atoms with Crippen molar-refractivity contribution in [2.75, 3.05) is 6.61 Å². The van der Waals surface area contributed by atoms with Gasteiger partial charge in [-0.1, -0.05) is 35.3 Å². The summed E-state index contributed by atoms with van der Waals surface area (Å²) in [5, 5.41) is 5.08. The maximum Gasteiger partial charge on any atom is 0.284 e. The first-order valence-corrected chi connectivity index (χ1v) is 10.1. The van der Waals surface area contributed by atoms with Gasteiger partial charge in [0.2, 0.25) is 6.10 Å². The topological polar surface area (TPSA) is 64.8 Å². The third kappa shape index (κ3) is 4.01. The molecule has 0 spiro atoms. The molecule has 3 aromatic rings. The van der Waals surface area contributed by atoms with Crippen LogP contribution in [0, 0.1) is 13.8 Å². The van der Waals surface area contributed by atoms with Crippen LogP contribution in [-0.4, -0.2) is 29.4 Å². The van der Waals surface area contributed by atoms with Crippen molar-refractivity contribution in [3.63, 3.8) is 0 Å². The van der Waals surface area contributed by atoms with Gasteiger partial charge in [-0.3, -0.25) is 4.79 Å². The standard InChI is InChI=1S/C22H19Cl2N3O3/c1-13-9-15(14(2)27(13)16-7-8-17(23)18(24)10-16)11-25-26-22(28)21-12-29-19-5-3-4-6-20(19)30-21/h3-11,21H,12H2,1-2H3,(H,26,28)/b25-11+. The number of carbonyl (C=O) groups excluding carboxylic acids is 1. The Morgan fingerprint density at radius 2 is 1.90 bits per heavy atom. The van der Waals surface area contributed by atoms with Crippen LogP contribution in [0.15, 0.2) is 53.6 Å². The summed E-state index contributed by atoms with van der Waals surface area (Å²) in [6, 6.07) is 14.7. The fourth-order valence-corrected chi connectivity index (χ4v) is 3.62. The number of hydrogen-bond acceptors (Lipinski definition) is 4. The van der Waals surface area contributed by atoms with Crippen LogP contribution >= 0.6 is 23.2 Å². The molecular weight excluding hydrogens is 425 g/mol. The Kier molecular flexibility index (Phi) is 5.70. The monoisotopic (exact) mass is 443 g/mol. The van der Waals surface area contributed by atoms with Crippen molar-refractivity contribution >= 4 is 35.3 Å². The van der Waals surface area contributed by atoms with E-state index in [0.717, 1.165) is 22.6 Å². The van der Waals surface area contributed by atoms with E-state index in [2.05, 4.69) is 10.5 Å². The maximum atomic E-state index is 12.4. The first kappa shape index (κ1) is 20.3. The van der Waals surface area contributed by atoms with Crippen LogP contribution in [0.3, 0.4) is 0 Å². The normalized spacial score (nSPS) is 15.4. The number of nitrogens with one attached hydrogen (secondary N) is 1. The number of carbonyl (C=O) groups is 1. The van der Waals surface area contributed by atoms with Crippen molar-refractivity contribution < 1.29 is 14.3 Å². The van der Waals surface area contributed by atoms with Crippen molar-refractivity contribution in [2.45, 2.75) is 20.0 Å². The van der Waals surface area contributed by atoms with Gasteiger partial charge in [0.05, 0.1) is 16.3 Å². The van der Waals surface area contributed by atoms with Gasteiger partial charge in [-0.15, -0.1) is 0 Å². The molecular formula is C22H19Cl2N3O3. The second-order valence-corrected chi connectivity index (χ2v) is 7.67. The summed E-state index contributed by atoms with van der Waals surface area (Å²) in [6.07, 6.45) is 0.840. The summed E-state index contributed by atoms with van der Waals surface area (Å²) in [6.45, 7) is 4.08. The van der Waals surface area contributed by atoms with Gasteiger partial charge in [-0.2, -0.15) is 5.10 Å². The van der Waals surface area contributed by atoms with Gasteiger partial charge in [0.15, 0.2) is 11.5 Å². The highest BCUT2D eigenvalue weighted by Gasteiger charge is 2.27. The molecule has 1 aliphatic rings. The number of halogens is 2. The van der Waals surface area contributed by atoms with Gasteiger partial charge in [0.1, 0.15) is 6.61 Å². The maximum absolute atomic E-state index is 12.4. The highest BCUT2D eigenvalue weighted by molar-refractivity contribution is 6.42. The molecule has 0 saturated carbocycles. The molecule has 0 saturated heterocycles. The van der Waals surface area contributed by atoms with E-state index in [1.165, 1.54) is 0 Å². The Bertz CT molecular complexity index is 1140. The number of nitrogens with zero attached hydrogens (tertiary/aromatic N) is 2. The van der Waals surface area contributed by atoms with Crippen LogP contribution in [0.1, 0.15) is 17.0 Å². The summed E-state index contributed by atoms with van der Waals surface area (Å²) in [5.74, 6) is 0.789. The zero-order chi connectivity index (χ0) is 21.3. The van der Waals surface area contributed by atoms with Crippen LogP contribution in [0.2, 0.25) is 10.0 Å². The third-order valence-corrected chi connectivity index (χ3v) is 5.55. The third-order valence-electron chi connectivity index (χ3n) is 4.81. The summed E-state index contributed by atoms with van der Waals surface area (Å²) < 4.78 is 13.3. The quantitative estimate of drug-likeness (QED) is 0.469. The van der Waals surface area contributed by atoms with Crippen molar-refractivity contribution in [1.29, 1.82) is 0 Å². The smallest absolute Gasteiger partial charge is 0.284 e. The molecule has 0 fully saturated rings. The number of hydrazone groups is 1. The lowest BCUT2D eigenvalue weighted by Gasteiger charge is -2.24. The summed E-state index contributed by atoms with van der Waals surface area (Å²) in [7, 11) is 0. The zero-order valence-corrected chi connectivity index (χ0v) is 17.9. The first-order valence-electron chi connectivity index (χ1n) is 9.30. The van der Waals surface area contributed by atoms with Gasteiger partial charge < -0.3 is 14.0 Å². The first-order chi connectivity index (χ1) is 14.4. The average molecular weight is 444 g/mol. The van der Waals surface area contributed by atoms with E-state index < -0.39 is 6.10 Å². The minimum absolute atomic E-state index is 0.129. The molecule has 154 valence electrons. The van der Waals surface area contributed by atoms with Crippen LogP contribution in [0.25, 0.3) is 5.69 Å². The predicted octanol–water partition coefficient (Wildman–Crippen LogP) is 4.69. The number of aromatic nitrogens is 1. The Morgan fingerprint density at radius 3 is 2.67 bits per heavy atom. The van der Waals surface area contributed by atoms with Gasteiger partial charge in [0.25, 0.3) is 5.91 Å². The van der Waals surface area contributed by atoms with Crippen LogP contribution < -0.4 is 14.9 Å². The number of ether oxygens (including phenoxy) is 2. The van der Waals surface area contributed by atoms with Gasteiger partial charge in [0, 0.05) is 22.6 Å². The lowest BCUT2D eigenvalue weighted by atomic mass is 10.2. The lowest BCUT2D eigenvalue weighted by molar-refractivity contribution is -0.130. The van der Waals surface area contributed by atoms with E-state index >= 15 is 0 Å². The van der Waals surface area contributed by atoms with E-state index in [9.17, 15) is 4.79 Å². The number of benzene rings is 2. The molecule has 1 unspecified atom stereocenters. The Labute approximate surface area is 184 Å². The Balaban J connectivity index is 1.46. The Hall–Kier alpha value is -2.96. The number of para-hydroxylation sites is 2. The van der Waals surface area contributed by atoms with E-state index in [1.807, 2.05) is 48.7 Å². The number of aryl methyl sites for hydroxylation is 1. The van der Waals surface area contributed by atoms with Crippen molar-refractivity contribution in [1.82, 2.24) is 9.99 Å². The van der Waals surface area contributed by atoms with Crippen LogP contribution in [0.4, 0.5) is 0 Å². The molecule has 4 rings (SSSR count). The fraction of sp³-hybridized carbons (Fsp3) is 0.182. The molecule has 1 atom stereocenters. The summed E-state index contributed by atoms with van der Waals surface area (Å²) >= 11 is 12.2. The van der Waals surface area contributed by atoms with Crippen LogP contribution in [0.5, 0.6) is 11.5 Å². The van der Waals surface area contributed by atoms with E-state index in [0.29, 0.717) is 21.5 Å². The van der Waals surface area contributed by atoms with E-state index in [4.69, 9.17) is 32.7 Å². The average Bonchev–Trinajstić information content (AvgIpc) is 3.03. The molecule has 2 heterocycles. The van der Waals surface area contributed by atoms with Crippen molar-refractivity contribution in [3.8, 4) is 17.2 Å². The highest BCUT2D eigenvalue weighted by Crippen LogP contribution is 2.31. The molecule has 0 aliphatic carbocycles. The van der Waals surface area contributed by atoms with E-state index in [-0.39, 0.29) is 12.5 Å². The SMILES string of the molecule is Cc1cc(/C=N/NC(=O)C2COc3ccccc3O2)c(C)n1-c1ccc(Cl)c(Cl)c1. The number of amides is 1. The number of rotatable bonds is 4. The molecule has 0 bridgehead atoms. The molecule has 1 amide bonds. The second-order valence-electron chi connectivity index (χ2n) is 6.86. The molecule has 30 heavy (non-hydrogen) atoms. The van der Waals surface area contributed by atoms with Gasteiger partial charge in [-0.05, 0) is 50.2 Å². The molecule has 8 heteroatoms. The summed E-state index contributed by atoms with van der Waals surface area (Å²) in [4.78, 5) is 12.4. The fourth-order valence-electron chi connectivity index (χ4n) is 3.33. The number of fused-ring (bicyclic) bond motifs is 1. The molecule has 1 aromatic heterocycles. The molecule has 6 nitrogen and oxygen atoms in total. The molecule has 1 aliphatic heterocycles. The van der Waals surface area contributed by atoms with Crippen molar-refractivity contribution in [2.24, 2.45) is 5.10 Å². The van der Waals surface area contributed by atoms with Crippen LogP contribution in [-0.2, 0) is 4.79 Å². The minimum Gasteiger partial charge on any atom is -0.485 e. The van der Waals surface area contributed by atoms with Gasteiger partial charge >= 0.3 is 0 Å².